The van der Waals surface area contributed by atoms with Crippen molar-refractivity contribution in [2.75, 3.05) is 18.1 Å². The van der Waals surface area contributed by atoms with Gasteiger partial charge in [-0.3, -0.25) is 0 Å². The van der Waals surface area contributed by atoms with Crippen molar-refractivity contribution in [2.45, 2.75) is 26.8 Å². The summed E-state index contributed by atoms with van der Waals surface area (Å²) in [6.07, 6.45) is 0. The van der Waals surface area contributed by atoms with Gasteiger partial charge in [0.1, 0.15) is 0 Å². The molecule has 86 valence electrons. The second kappa shape index (κ2) is 7.31. The van der Waals surface area contributed by atoms with Crippen LogP contribution in [0.1, 0.15) is 31.7 Å². The lowest BCUT2D eigenvalue weighted by Crippen LogP contribution is -2.20. The maximum absolute atomic E-state index is 3.55. The third kappa shape index (κ3) is 5.59. The van der Waals surface area contributed by atoms with Crippen LogP contribution in [0.15, 0.2) is 17.5 Å². The van der Waals surface area contributed by atoms with E-state index in [0.717, 1.165) is 12.5 Å². The SMILES string of the molecule is CC(C)CSCCNC(C)c1cccs1. The van der Waals surface area contributed by atoms with Gasteiger partial charge in [0, 0.05) is 23.2 Å². The van der Waals surface area contributed by atoms with E-state index in [1.165, 1.54) is 16.4 Å². The molecule has 1 N–H and O–H groups in total. The van der Waals surface area contributed by atoms with Crippen LogP contribution in [-0.2, 0) is 0 Å². The minimum absolute atomic E-state index is 0.504. The highest BCUT2D eigenvalue weighted by Crippen LogP contribution is 2.17. The average molecular weight is 243 g/mol. The Hall–Kier alpha value is 0.01000. The Bertz CT molecular complexity index is 244. The van der Waals surface area contributed by atoms with Gasteiger partial charge in [-0.05, 0) is 30.0 Å². The van der Waals surface area contributed by atoms with Gasteiger partial charge in [-0.1, -0.05) is 19.9 Å². The lowest BCUT2D eigenvalue weighted by atomic mass is 10.3. The molecule has 0 saturated heterocycles. The maximum atomic E-state index is 3.55. The molecule has 1 aromatic heterocycles. The monoisotopic (exact) mass is 243 g/mol. The Labute approximate surface area is 102 Å². The smallest absolute Gasteiger partial charge is 0.0386 e. The van der Waals surface area contributed by atoms with E-state index in [9.17, 15) is 0 Å². The zero-order valence-electron chi connectivity index (χ0n) is 9.82. The lowest BCUT2D eigenvalue weighted by molar-refractivity contribution is 0.610. The molecule has 0 fully saturated rings. The highest BCUT2D eigenvalue weighted by atomic mass is 32.2. The summed E-state index contributed by atoms with van der Waals surface area (Å²) in [6.45, 7) is 7.89. The van der Waals surface area contributed by atoms with Crippen LogP contribution in [0, 0.1) is 5.92 Å². The van der Waals surface area contributed by atoms with Crippen molar-refractivity contribution in [2.24, 2.45) is 5.92 Å². The lowest BCUT2D eigenvalue weighted by Gasteiger charge is -2.12. The molecule has 0 aromatic carbocycles. The Morgan fingerprint density at radius 3 is 2.80 bits per heavy atom. The average Bonchev–Trinajstić information content (AvgIpc) is 2.69. The highest BCUT2D eigenvalue weighted by molar-refractivity contribution is 7.99. The summed E-state index contributed by atoms with van der Waals surface area (Å²) in [5.74, 6) is 3.30. The Balaban J connectivity index is 2.05. The normalized spacial score (nSPS) is 13.3. The van der Waals surface area contributed by atoms with Gasteiger partial charge in [-0.2, -0.15) is 11.8 Å². The van der Waals surface area contributed by atoms with Crippen molar-refractivity contribution in [3.8, 4) is 0 Å². The van der Waals surface area contributed by atoms with Crippen LogP contribution < -0.4 is 5.32 Å². The van der Waals surface area contributed by atoms with Crippen LogP contribution in [0.3, 0.4) is 0 Å². The molecule has 1 rings (SSSR count). The first-order valence-electron chi connectivity index (χ1n) is 5.54. The number of nitrogens with one attached hydrogen (secondary N) is 1. The quantitative estimate of drug-likeness (QED) is 0.731. The number of thiophene rings is 1. The van der Waals surface area contributed by atoms with Gasteiger partial charge in [0.15, 0.2) is 0 Å². The zero-order chi connectivity index (χ0) is 11.1. The Morgan fingerprint density at radius 1 is 1.40 bits per heavy atom. The van der Waals surface area contributed by atoms with E-state index in [2.05, 4.69) is 43.6 Å². The largest absolute Gasteiger partial charge is 0.309 e. The molecule has 0 spiro atoms. The molecule has 1 aromatic rings. The van der Waals surface area contributed by atoms with Gasteiger partial charge in [0.25, 0.3) is 0 Å². The highest BCUT2D eigenvalue weighted by Gasteiger charge is 2.04. The van der Waals surface area contributed by atoms with Gasteiger partial charge in [0.05, 0.1) is 0 Å². The molecule has 1 unspecified atom stereocenters. The second-order valence-electron chi connectivity index (χ2n) is 4.16. The van der Waals surface area contributed by atoms with Crippen molar-refractivity contribution in [3.63, 3.8) is 0 Å². The first kappa shape index (κ1) is 13.1. The summed E-state index contributed by atoms with van der Waals surface area (Å²) >= 11 is 3.87. The van der Waals surface area contributed by atoms with E-state index in [0.29, 0.717) is 6.04 Å². The summed E-state index contributed by atoms with van der Waals surface area (Å²) in [6, 6.07) is 4.82. The topological polar surface area (TPSA) is 12.0 Å². The van der Waals surface area contributed by atoms with Crippen LogP contribution in [0.25, 0.3) is 0 Å². The van der Waals surface area contributed by atoms with Crippen LogP contribution in [-0.4, -0.2) is 18.1 Å². The van der Waals surface area contributed by atoms with Crippen LogP contribution >= 0.6 is 23.1 Å². The summed E-state index contributed by atoms with van der Waals surface area (Å²) < 4.78 is 0. The summed E-state index contributed by atoms with van der Waals surface area (Å²) in [4.78, 5) is 1.43. The number of hydrogen-bond acceptors (Lipinski definition) is 3. The molecule has 1 nitrogen and oxygen atoms in total. The predicted molar refractivity (Wildman–Crippen MR) is 72.9 cm³/mol. The maximum Gasteiger partial charge on any atom is 0.0386 e. The van der Waals surface area contributed by atoms with Crippen molar-refractivity contribution in [1.29, 1.82) is 0 Å². The molecule has 15 heavy (non-hydrogen) atoms. The van der Waals surface area contributed by atoms with E-state index in [4.69, 9.17) is 0 Å². The molecule has 0 aliphatic rings. The molecule has 1 atom stereocenters. The van der Waals surface area contributed by atoms with Crippen LogP contribution in [0.5, 0.6) is 0 Å². The summed E-state index contributed by atoms with van der Waals surface area (Å²) in [5.41, 5.74) is 0. The molecule has 0 bridgehead atoms. The first-order chi connectivity index (χ1) is 7.20. The standard InChI is InChI=1S/C12H21NS2/c1-10(2)9-14-8-6-13-11(3)12-5-4-7-15-12/h4-5,7,10-11,13H,6,8-9H2,1-3H3. The fourth-order valence-corrected chi connectivity index (χ4v) is 2.96. The number of hydrogen-bond donors (Lipinski definition) is 1. The third-order valence-corrected chi connectivity index (χ3v) is 4.57. The molecule has 0 saturated carbocycles. The number of thioether (sulfide) groups is 1. The minimum Gasteiger partial charge on any atom is -0.309 e. The molecule has 0 amide bonds. The molecule has 0 aliphatic heterocycles. The van der Waals surface area contributed by atoms with Gasteiger partial charge >= 0.3 is 0 Å². The van der Waals surface area contributed by atoms with Crippen LogP contribution in [0.2, 0.25) is 0 Å². The second-order valence-corrected chi connectivity index (χ2v) is 6.29. The predicted octanol–water partition coefficient (Wildman–Crippen LogP) is 3.79. The number of rotatable bonds is 7. The van der Waals surface area contributed by atoms with Gasteiger partial charge in [0.2, 0.25) is 0 Å². The van der Waals surface area contributed by atoms with E-state index >= 15 is 0 Å². The molecule has 1 heterocycles. The van der Waals surface area contributed by atoms with Crippen molar-refractivity contribution in [1.82, 2.24) is 5.32 Å². The molecular formula is C12H21NS2. The molecular weight excluding hydrogens is 222 g/mol. The Morgan fingerprint density at radius 2 is 2.20 bits per heavy atom. The molecule has 0 aliphatic carbocycles. The van der Waals surface area contributed by atoms with Gasteiger partial charge in [-0.15, -0.1) is 11.3 Å². The molecule has 0 radical (unpaired) electrons. The van der Waals surface area contributed by atoms with Crippen molar-refractivity contribution < 1.29 is 0 Å². The van der Waals surface area contributed by atoms with Crippen LogP contribution in [0.4, 0.5) is 0 Å². The fraction of sp³-hybridized carbons (Fsp3) is 0.667. The van der Waals surface area contributed by atoms with Gasteiger partial charge in [-0.25, -0.2) is 0 Å². The van der Waals surface area contributed by atoms with E-state index in [-0.39, 0.29) is 0 Å². The zero-order valence-corrected chi connectivity index (χ0v) is 11.5. The summed E-state index contributed by atoms with van der Waals surface area (Å²) in [7, 11) is 0. The third-order valence-electron chi connectivity index (χ3n) is 2.12. The van der Waals surface area contributed by atoms with Crippen molar-refractivity contribution in [3.05, 3.63) is 22.4 Å². The summed E-state index contributed by atoms with van der Waals surface area (Å²) in [5, 5.41) is 5.69. The van der Waals surface area contributed by atoms with Gasteiger partial charge < -0.3 is 5.32 Å². The molecule has 3 heteroatoms. The fourth-order valence-electron chi connectivity index (χ4n) is 1.30. The van der Waals surface area contributed by atoms with E-state index < -0.39 is 0 Å². The first-order valence-corrected chi connectivity index (χ1v) is 7.58. The van der Waals surface area contributed by atoms with E-state index in [1.54, 1.807) is 0 Å². The van der Waals surface area contributed by atoms with Crippen molar-refractivity contribution >= 4 is 23.1 Å². The van der Waals surface area contributed by atoms with E-state index in [1.807, 2.05) is 23.1 Å². The minimum atomic E-state index is 0.504. The Kier molecular flexibility index (Phi) is 6.37.